The molecule has 138 valence electrons. The van der Waals surface area contributed by atoms with Gasteiger partial charge in [0.2, 0.25) is 0 Å². The van der Waals surface area contributed by atoms with Crippen molar-refractivity contribution in [3.8, 4) is 0 Å². The number of nitrogens with one attached hydrogen (secondary N) is 2. The molecule has 0 bridgehead atoms. The van der Waals surface area contributed by atoms with Crippen molar-refractivity contribution < 1.29 is 9.59 Å². The van der Waals surface area contributed by atoms with Gasteiger partial charge in [0.1, 0.15) is 0 Å². The largest absolute Gasteiger partial charge is 0.382 e. The third-order valence-electron chi connectivity index (χ3n) is 4.64. The first kappa shape index (κ1) is 19.1. The maximum absolute atomic E-state index is 12.5. The number of nitrogens with zero attached hydrogens (tertiary/aromatic N) is 2. The fraction of sp³-hybridized carbons (Fsp3) is 0.579. The Labute approximate surface area is 150 Å². The van der Waals surface area contributed by atoms with Gasteiger partial charge >= 0.3 is 6.03 Å². The Hall–Kier alpha value is -2.24. The average Bonchev–Trinajstić information content (AvgIpc) is 2.63. The van der Waals surface area contributed by atoms with Gasteiger partial charge in [0.15, 0.2) is 0 Å². The van der Waals surface area contributed by atoms with Gasteiger partial charge in [0.05, 0.1) is 0 Å². The SMILES string of the molecule is CCNC(=O)N1CCC(Nc2cccc(C(=O)N(CC)CC)c2)CC1. The highest BCUT2D eigenvalue weighted by atomic mass is 16.2. The van der Waals surface area contributed by atoms with E-state index in [4.69, 9.17) is 0 Å². The Morgan fingerprint density at radius 1 is 1.16 bits per heavy atom. The summed E-state index contributed by atoms with van der Waals surface area (Å²) >= 11 is 0. The van der Waals surface area contributed by atoms with Crippen LogP contribution >= 0.6 is 0 Å². The number of urea groups is 1. The lowest BCUT2D eigenvalue weighted by molar-refractivity contribution is 0.0773. The molecule has 1 aliphatic heterocycles. The molecule has 1 aromatic rings. The third kappa shape index (κ3) is 5.11. The minimum absolute atomic E-state index is 0.0211. The summed E-state index contributed by atoms with van der Waals surface area (Å²) in [7, 11) is 0. The van der Waals surface area contributed by atoms with E-state index >= 15 is 0 Å². The van der Waals surface area contributed by atoms with Crippen LogP contribution in [-0.4, -0.2) is 60.5 Å². The molecular formula is C19H30N4O2. The van der Waals surface area contributed by atoms with Crippen LogP contribution in [0.25, 0.3) is 0 Å². The number of hydrogen-bond donors (Lipinski definition) is 2. The van der Waals surface area contributed by atoms with E-state index in [9.17, 15) is 9.59 Å². The zero-order chi connectivity index (χ0) is 18.2. The van der Waals surface area contributed by atoms with Crippen molar-refractivity contribution in [3.05, 3.63) is 29.8 Å². The number of carbonyl (C=O) groups excluding carboxylic acids is 2. The zero-order valence-electron chi connectivity index (χ0n) is 15.5. The first-order chi connectivity index (χ1) is 12.1. The lowest BCUT2D eigenvalue weighted by Crippen LogP contribution is -2.46. The van der Waals surface area contributed by atoms with Crippen molar-refractivity contribution in [1.82, 2.24) is 15.1 Å². The second-order valence-corrected chi connectivity index (χ2v) is 6.30. The molecule has 0 atom stereocenters. The Balaban J connectivity index is 1.93. The van der Waals surface area contributed by atoms with Crippen LogP contribution in [0, 0.1) is 0 Å². The predicted octanol–water partition coefficient (Wildman–Crippen LogP) is 2.77. The molecule has 0 aliphatic carbocycles. The van der Waals surface area contributed by atoms with Crippen LogP contribution in [0.4, 0.5) is 10.5 Å². The molecule has 1 fully saturated rings. The van der Waals surface area contributed by atoms with Gasteiger partial charge in [0.25, 0.3) is 5.91 Å². The molecule has 1 aliphatic rings. The van der Waals surface area contributed by atoms with Crippen molar-refractivity contribution in [3.63, 3.8) is 0 Å². The molecule has 0 aromatic heterocycles. The van der Waals surface area contributed by atoms with Gasteiger partial charge in [-0.05, 0) is 51.8 Å². The number of benzene rings is 1. The monoisotopic (exact) mass is 346 g/mol. The molecule has 0 saturated carbocycles. The Kier molecular flexibility index (Phi) is 7.10. The molecule has 6 heteroatoms. The van der Waals surface area contributed by atoms with Crippen LogP contribution in [-0.2, 0) is 0 Å². The summed E-state index contributed by atoms with van der Waals surface area (Å²) < 4.78 is 0. The minimum atomic E-state index is 0.0211. The van der Waals surface area contributed by atoms with E-state index in [1.54, 1.807) is 0 Å². The van der Waals surface area contributed by atoms with Gasteiger partial charge in [-0.3, -0.25) is 4.79 Å². The fourth-order valence-corrected chi connectivity index (χ4v) is 3.16. The van der Waals surface area contributed by atoms with E-state index in [0.717, 1.165) is 31.6 Å². The summed E-state index contributed by atoms with van der Waals surface area (Å²) in [6.45, 7) is 9.50. The Morgan fingerprint density at radius 3 is 2.44 bits per heavy atom. The Morgan fingerprint density at radius 2 is 1.84 bits per heavy atom. The number of piperidine rings is 1. The van der Waals surface area contributed by atoms with Crippen LogP contribution in [0.5, 0.6) is 0 Å². The molecule has 1 aromatic carbocycles. The van der Waals surface area contributed by atoms with Crippen molar-refractivity contribution >= 4 is 17.6 Å². The van der Waals surface area contributed by atoms with Gasteiger partial charge in [-0.25, -0.2) is 4.79 Å². The van der Waals surface area contributed by atoms with E-state index < -0.39 is 0 Å². The molecular weight excluding hydrogens is 316 g/mol. The molecule has 3 amide bonds. The van der Waals surface area contributed by atoms with Gasteiger partial charge in [-0.1, -0.05) is 6.07 Å². The molecule has 0 radical (unpaired) electrons. The second kappa shape index (κ2) is 9.30. The van der Waals surface area contributed by atoms with Crippen molar-refractivity contribution in [1.29, 1.82) is 0 Å². The highest BCUT2D eigenvalue weighted by Crippen LogP contribution is 2.18. The van der Waals surface area contributed by atoms with E-state index in [1.165, 1.54) is 0 Å². The van der Waals surface area contributed by atoms with Crippen LogP contribution in [0.3, 0.4) is 0 Å². The molecule has 1 heterocycles. The van der Waals surface area contributed by atoms with Gasteiger partial charge in [-0.2, -0.15) is 0 Å². The average molecular weight is 346 g/mol. The number of amides is 3. The van der Waals surface area contributed by atoms with E-state index in [1.807, 2.05) is 54.8 Å². The van der Waals surface area contributed by atoms with E-state index in [0.29, 0.717) is 31.2 Å². The van der Waals surface area contributed by atoms with Crippen LogP contribution in [0.2, 0.25) is 0 Å². The summed E-state index contributed by atoms with van der Waals surface area (Å²) in [6, 6.07) is 8.05. The van der Waals surface area contributed by atoms with Crippen molar-refractivity contribution in [2.75, 3.05) is 38.0 Å². The summed E-state index contributed by atoms with van der Waals surface area (Å²) in [5, 5.41) is 6.36. The molecule has 1 saturated heterocycles. The molecule has 0 spiro atoms. The molecule has 0 unspecified atom stereocenters. The number of hydrogen-bond acceptors (Lipinski definition) is 3. The third-order valence-corrected chi connectivity index (χ3v) is 4.64. The van der Waals surface area contributed by atoms with E-state index in [-0.39, 0.29) is 11.9 Å². The minimum Gasteiger partial charge on any atom is -0.382 e. The van der Waals surface area contributed by atoms with Gasteiger partial charge in [-0.15, -0.1) is 0 Å². The van der Waals surface area contributed by atoms with Gasteiger partial charge < -0.3 is 20.4 Å². The summed E-state index contributed by atoms with van der Waals surface area (Å²) in [5.74, 6) is 0.0692. The van der Waals surface area contributed by atoms with Crippen molar-refractivity contribution in [2.24, 2.45) is 0 Å². The smallest absolute Gasteiger partial charge is 0.317 e. The first-order valence-electron chi connectivity index (χ1n) is 9.27. The standard InChI is InChI=1S/C19H30N4O2/c1-4-20-19(25)23-12-10-16(11-13-23)21-17-9-7-8-15(14-17)18(24)22(5-2)6-3/h7-9,14,16,21H,4-6,10-13H2,1-3H3,(H,20,25). The lowest BCUT2D eigenvalue weighted by atomic mass is 10.0. The molecule has 2 rings (SSSR count). The predicted molar refractivity (Wildman–Crippen MR) is 101 cm³/mol. The van der Waals surface area contributed by atoms with Crippen LogP contribution in [0.15, 0.2) is 24.3 Å². The second-order valence-electron chi connectivity index (χ2n) is 6.30. The first-order valence-corrected chi connectivity index (χ1v) is 9.27. The topological polar surface area (TPSA) is 64.7 Å². The molecule has 6 nitrogen and oxygen atoms in total. The highest BCUT2D eigenvalue weighted by molar-refractivity contribution is 5.95. The molecule has 25 heavy (non-hydrogen) atoms. The van der Waals surface area contributed by atoms with Gasteiger partial charge in [0, 0.05) is 50.0 Å². The maximum Gasteiger partial charge on any atom is 0.317 e. The number of rotatable bonds is 6. The van der Waals surface area contributed by atoms with E-state index in [2.05, 4.69) is 10.6 Å². The van der Waals surface area contributed by atoms with Crippen molar-refractivity contribution in [2.45, 2.75) is 39.7 Å². The lowest BCUT2D eigenvalue weighted by Gasteiger charge is -2.33. The summed E-state index contributed by atoms with van der Waals surface area (Å²) in [4.78, 5) is 28.0. The molecule has 2 N–H and O–H groups in total. The number of likely N-dealkylation sites (tertiary alicyclic amines) is 1. The maximum atomic E-state index is 12.5. The number of anilines is 1. The summed E-state index contributed by atoms with van der Waals surface area (Å²) in [6.07, 6.45) is 1.82. The highest BCUT2D eigenvalue weighted by Gasteiger charge is 2.22. The fourth-order valence-electron chi connectivity index (χ4n) is 3.16. The summed E-state index contributed by atoms with van der Waals surface area (Å²) in [5.41, 5.74) is 1.68. The zero-order valence-corrected chi connectivity index (χ0v) is 15.5. The van der Waals surface area contributed by atoms with Crippen LogP contribution in [0.1, 0.15) is 44.0 Å². The normalized spacial score (nSPS) is 14.9. The Bertz CT molecular complexity index is 579. The van der Waals surface area contributed by atoms with Crippen LogP contribution < -0.4 is 10.6 Å². The quantitative estimate of drug-likeness (QED) is 0.832. The number of carbonyl (C=O) groups is 2.